The number of rotatable bonds is 4. The predicted molar refractivity (Wildman–Crippen MR) is 88.9 cm³/mol. The average Bonchev–Trinajstić information content (AvgIpc) is 3.30. The van der Waals surface area contributed by atoms with Crippen LogP contribution in [0.2, 0.25) is 0 Å². The van der Waals surface area contributed by atoms with E-state index >= 15 is 0 Å². The standard InChI is InChI=1S/C18H16N2O3S/c21-16(14-11-6-7-12(8-11)15(14)17(22)23)20-18-19-13(9-24-18)10-4-2-1-3-5-10/h1-7,9,11-12,14-15H,8H2,(H,22,23)(H,19,20,21)/p-1/t11-,12-,14-,15-/m0/s1. The highest BCUT2D eigenvalue weighted by Crippen LogP contribution is 2.48. The largest absolute Gasteiger partial charge is 0.550 e. The van der Waals surface area contributed by atoms with Crippen molar-refractivity contribution in [1.82, 2.24) is 4.98 Å². The van der Waals surface area contributed by atoms with Crippen LogP contribution in [0.25, 0.3) is 11.3 Å². The zero-order chi connectivity index (χ0) is 16.7. The number of thiazole rings is 1. The summed E-state index contributed by atoms with van der Waals surface area (Å²) in [6.07, 6.45) is 4.56. The minimum absolute atomic E-state index is 0.0218. The molecule has 1 heterocycles. The van der Waals surface area contributed by atoms with E-state index in [0.29, 0.717) is 11.6 Å². The zero-order valence-electron chi connectivity index (χ0n) is 12.7. The van der Waals surface area contributed by atoms with Crippen molar-refractivity contribution < 1.29 is 14.7 Å². The molecule has 1 fully saturated rings. The maximum Gasteiger partial charge on any atom is 0.230 e. The number of hydrogen-bond acceptors (Lipinski definition) is 5. The van der Waals surface area contributed by atoms with Gasteiger partial charge >= 0.3 is 0 Å². The lowest BCUT2D eigenvalue weighted by molar-refractivity contribution is -0.313. The van der Waals surface area contributed by atoms with Gasteiger partial charge in [-0.2, -0.15) is 0 Å². The first-order valence-electron chi connectivity index (χ1n) is 7.84. The minimum Gasteiger partial charge on any atom is -0.550 e. The topological polar surface area (TPSA) is 82.1 Å². The molecular formula is C18H15N2O3S-. The van der Waals surface area contributed by atoms with Crippen LogP contribution in [0, 0.1) is 23.7 Å². The van der Waals surface area contributed by atoms with Crippen molar-refractivity contribution in [2.24, 2.45) is 23.7 Å². The first-order chi connectivity index (χ1) is 11.6. The van der Waals surface area contributed by atoms with Gasteiger partial charge in [0.15, 0.2) is 5.13 Å². The van der Waals surface area contributed by atoms with E-state index in [-0.39, 0.29) is 17.7 Å². The van der Waals surface area contributed by atoms with Crippen LogP contribution in [-0.2, 0) is 9.59 Å². The summed E-state index contributed by atoms with van der Waals surface area (Å²) < 4.78 is 0. The number of carboxylic acid groups (broad SMARTS) is 1. The molecule has 1 aromatic carbocycles. The Kier molecular flexibility index (Phi) is 3.69. The van der Waals surface area contributed by atoms with E-state index in [2.05, 4.69) is 10.3 Å². The smallest absolute Gasteiger partial charge is 0.230 e. The summed E-state index contributed by atoms with van der Waals surface area (Å²) in [5.41, 5.74) is 1.77. The number of aromatic nitrogens is 1. The van der Waals surface area contributed by atoms with Gasteiger partial charge in [0, 0.05) is 22.8 Å². The monoisotopic (exact) mass is 339 g/mol. The van der Waals surface area contributed by atoms with E-state index in [1.165, 1.54) is 11.3 Å². The number of benzene rings is 1. The summed E-state index contributed by atoms with van der Waals surface area (Å²) in [7, 11) is 0. The van der Waals surface area contributed by atoms with E-state index < -0.39 is 17.8 Å². The zero-order valence-corrected chi connectivity index (χ0v) is 13.5. The van der Waals surface area contributed by atoms with E-state index in [1.807, 2.05) is 47.9 Å². The van der Waals surface area contributed by atoms with Gasteiger partial charge in [-0.3, -0.25) is 4.79 Å². The molecule has 2 aliphatic carbocycles. The molecule has 1 saturated carbocycles. The number of amides is 1. The molecule has 4 atom stereocenters. The van der Waals surface area contributed by atoms with Crippen LogP contribution in [-0.4, -0.2) is 16.9 Å². The number of fused-ring (bicyclic) bond motifs is 2. The van der Waals surface area contributed by atoms with E-state index in [4.69, 9.17) is 0 Å². The fourth-order valence-corrected chi connectivity index (χ4v) is 4.49. The van der Waals surface area contributed by atoms with Crippen molar-refractivity contribution >= 4 is 28.3 Å². The Morgan fingerprint density at radius 3 is 2.54 bits per heavy atom. The summed E-state index contributed by atoms with van der Waals surface area (Å²) in [5, 5.41) is 16.6. The van der Waals surface area contributed by atoms with Crippen LogP contribution < -0.4 is 10.4 Å². The van der Waals surface area contributed by atoms with Crippen molar-refractivity contribution in [3.8, 4) is 11.3 Å². The van der Waals surface area contributed by atoms with Crippen LogP contribution in [0.4, 0.5) is 5.13 Å². The Morgan fingerprint density at radius 1 is 1.12 bits per heavy atom. The third-order valence-corrected chi connectivity index (χ3v) is 5.60. The van der Waals surface area contributed by atoms with Crippen LogP contribution >= 0.6 is 11.3 Å². The van der Waals surface area contributed by atoms with Gasteiger partial charge in [-0.05, 0) is 18.3 Å². The van der Waals surface area contributed by atoms with Crippen molar-refractivity contribution in [2.75, 3.05) is 5.32 Å². The molecule has 1 amide bonds. The molecule has 24 heavy (non-hydrogen) atoms. The summed E-state index contributed by atoms with van der Waals surface area (Å²) in [6, 6.07) is 9.69. The van der Waals surface area contributed by atoms with Gasteiger partial charge in [-0.15, -0.1) is 11.3 Å². The van der Waals surface area contributed by atoms with Crippen LogP contribution in [0.3, 0.4) is 0 Å². The summed E-state index contributed by atoms with van der Waals surface area (Å²) in [4.78, 5) is 28.4. The molecule has 0 aliphatic heterocycles. The lowest BCUT2D eigenvalue weighted by Gasteiger charge is -2.27. The van der Waals surface area contributed by atoms with Crippen molar-refractivity contribution in [1.29, 1.82) is 0 Å². The molecule has 5 nitrogen and oxygen atoms in total. The Bertz CT molecular complexity index is 815. The summed E-state index contributed by atoms with van der Waals surface area (Å²) >= 11 is 1.34. The fraction of sp³-hybridized carbons (Fsp3) is 0.278. The number of carbonyl (C=O) groups excluding carboxylic acids is 2. The Labute approximate surface area is 143 Å². The van der Waals surface area contributed by atoms with Gasteiger partial charge in [0.25, 0.3) is 0 Å². The Morgan fingerprint density at radius 2 is 1.83 bits per heavy atom. The maximum absolute atomic E-state index is 12.6. The number of allylic oxidation sites excluding steroid dienone is 2. The third kappa shape index (κ3) is 2.53. The lowest BCUT2D eigenvalue weighted by atomic mass is 9.82. The molecule has 2 aromatic rings. The van der Waals surface area contributed by atoms with Crippen molar-refractivity contribution in [3.63, 3.8) is 0 Å². The average molecular weight is 339 g/mol. The number of hydrogen-bond donors (Lipinski definition) is 1. The van der Waals surface area contributed by atoms with Gasteiger partial charge < -0.3 is 15.2 Å². The minimum atomic E-state index is -1.14. The molecule has 122 valence electrons. The summed E-state index contributed by atoms with van der Waals surface area (Å²) in [5.74, 6) is -2.85. The van der Waals surface area contributed by atoms with Crippen LogP contribution in [0.1, 0.15) is 6.42 Å². The molecule has 0 radical (unpaired) electrons. The van der Waals surface area contributed by atoms with E-state index in [1.54, 1.807) is 0 Å². The first-order valence-corrected chi connectivity index (χ1v) is 8.72. The van der Waals surface area contributed by atoms with Gasteiger partial charge in [-0.1, -0.05) is 42.5 Å². The Balaban J connectivity index is 1.52. The second-order valence-electron chi connectivity index (χ2n) is 6.21. The van der Waals surface area contributed by atoms with Crippen molar-refractivity contribution in [2.45, 2.75) is 6.42 Å². The number of nitrogens with zero attached hydrogens (tertiary/aromatic N) is 1. The molecule has 1 N–H and O–H groups in total. The molecule has 0 saturated heterocycles. The fourth-order valence-electron chi connectivity index (χ4n) is 3.76. The van der Waals surface area contributed by atoms with Crippen LogP contribution in [0.15, 0.2) is 47.9 Å². The van der Waals surface area contributed by atoms with Gasteiger partial charge in [0.2, 0.25) is 5.91 Å². The molecule has 1 aromatic heterocycles. The third-order valence-electron chi connectivity index (χ3n) is 4.84. The normalized spacial score (nSPS) is 27.3. The molecule has 0 unspecified atom stereocenters. The quantitative estimate of drug-likeness (QED) is 0.863. The van der Waals surface area contributed by atoms with Crippen LogP contribution in [0.5, 0.6) is 0 Å². The molecule has 0 spiro atoms. The maximum atomic E-state index is 12.6. The second kappa shape index (κ2) is 5.87. The molecule has 2 aliphatic rings. The molecule has 2 bridgehead atoms. The summed E-state index contributed by atoms with van der Waals surface area (Å²) in [6.45, 7) is 0. The van der Waals surface area contributed by atoms with Crippen molar-refractivity contribution in [3.05, 3.63) is 47.9 Å². The number of nitrogens with one attached hydrogen (secondary N) is 1. The lowest BCUT2D eigenvalue weighted by Crippen LogP contribution is -2.42. The number of carbonyl (C=O) groups is 2. The number of aliphatic carboxylic acids is 1. The number of anilines is 1. The first kappa shape index (κ1) is 15.1. The molecular weight excluding hydrogens is 324 g/mol. The predicted octanol–water partition coefficient (Wildman–Crippen LogP) is 1.94. The van der Waals surface area contributed by atoms with E-state index in [0.717, 1.165) is 11.3 Å². The highest BCUT2D eigenvalue weighted by atomic mass is 32.1. The SMILES string of the molecule is O=C([O-])[C@@H]1[C@@H](C(=O)Nc2nc(-c3ccccc3)cs2)[C@H]2C=C[C@H]1C2. The molecule has 6 heteroatoms. The second-order valence-corrected chi connectivity index (χ2v) is 7.07. The van der Waals surface area contributed by atoms with Gasteiger partial charge in [0.05, 0.1) is 11.6 Å². The van der Waals surface area contributed by atoms with Gasteiger partial charge in [-0.25, -0.2) is 4.98 Å². The Hall–Kier alpha value is -2.47. The molecule has 4 rings (SSSR count). The number of carboxylic acids is 1. The highest BCUT2D eigenvalue weighted by molar-refractivity contribution is 7.14. The van der Waals surface area contributed by atoms with E-state index in [9.17, 15) is 14.7 Å². The van der Waals surface area contributed by atoms with Gasteiger partial charge in [0.1, 0.15) is 0 Å². The highest BCUT2D eigenvalue weighted by Gasteiger charge is 2.48.